The second-order valence-electron chi connectivity index (χ2n) is 4.23. The lowest BCUT2D eigenvalue weighted by molar-refractivity contribution is 0.597. The molecule has 2 rings (SSSR count). The van der Waals surface area contributed by atoms with Crippen molar-refractivity contribution in [1.29, 1.82) is 0 Å². The molecule has 8 heteroatoms. The van der Waals surface area contributed by atoms with Gasteiger partial charge in [0.05, 0.1) is 11.4 Å². The molecular formula is C12H17N5O2S. The zero-order chi connectivity index (χ0) is 14.6. The standard InChI is InChI=1S/C12H17N5O2S/c1-3-13-8-10-12(9(2)15-16-10)20(18,19)17-11-6-4-5-7-14-11/h4-7,13H,3,8H2,1-2H3,(H,14,17)(H,15,16). The highest BCUT2D eigenvalue weighted by Gasteiger charge is 2.24. The maximum Gasteiger partial charge on any atom is 0.266 e. The van der Waals surface area contributed by atoms with Gasteiger partial charge in [0, 0.05) is 12.7 Å². The van der Waals surface area contributed by atoms with Crippen LogP contribution in [0.1, 0.15) is 18.3 Å². The van der Waals surface area contributed by atoms with Crippen molar-refractivity contribution < 1.29 is 8.42 Å². The van der Waals surface area contributed by atoms with Crippen LogP contribution in [0.25, 0.3) is 0 Å². The van der Waals surface area contributed by atoms with E-state index in [-0.39, 0.29) is 10.7 Å². The number of hydrogen-bond acceptors (Lipinski definition) is 5. The molecule has 0 aliphatic rings. The largest absolute Gasteiger partial charge is 0.311 e. The fourth-order valence-corrected chi connectivity index (χ4v) is 3.18. The fraction of sp³-hybridized carbons (Fsp3) is 0.333. The Labute approximate surface area is 117 Å². The third-order valence-electron chi connectivity index (χ3n) is 2.68. The van der Waals surface area contributed by atoms with E-state index in [1.807, 2.05) is 6.92 Å². The number of aromatic amines is 1. The van der Waals surface area contributed by atoms with Crippen LogP contribution in [0.5, 0.6) is 0 Å². The van der Waals surface area contributed by atoms with Crippen LogP contribution in [0, 0.1) is 6.92 Å². The Morgan fingerprint density at radius 1 is 1.35 bits per heavy atom. The fourth-order valence-electron chi connectivity index (χ4n) is 1.80. The number of aromatic nitrogens is 3. The number of aryl methyl sites for hydroxylation is 1. The lowest BCUT2D eigenvalue weighted by Gasteiger charge is -2.08. The van der Waals surface area contributed by atoms with Crippen molar-refractivity contribution in [3.05, 3.63) is 35.8 Å². The van der Waals surface area contributed by atoms with Crippen LogP contribution < -0.4 is 10.0 Å². The zero-order valence-corrected chi connectivity index (χ0v) is 12.2. The van der Waals surface area contributed by atoms with E-state index >= 15 is 0 Å². The van der Waals surface area contributed by atoms with Crippen molar-refractivity contribution in [2.45, 2.75) is 25.3 Å². The minimum Gasteiger partial charge on any atom is -0.311 e. The first-order valence-electron chi connectivity index (χ1n) is 6.23. The average Bonchev–Trinajstić information content (AvgIpc) is 2.79. The van der Waals surface area contributed by atoms with Gasteiger partial charge in [0.2, 0.25) is 0 Å². The molecule has 0 aromatic carbocycles. The normalized spacial score (nSPS) is 11.5. The van der Waals surface area contributed by atoms with E-state index < -0.39 is 10.0 Å². The second-order valence-corrected chi connectivity index (χ2v) is 5.84. The van der Waals surface area contributed by atoms with Gasteiger partial charge in [0.1, 0.15) is 10.7 Å². The molecule has 0 aliphatic heterocycles. The molecule has 108 valence electrons. The van der Waals surface area contributed by atoms with Crippen molar-refractivity contribution in [2.75, 3.05) is 11.3 Å². The molecule has 0 aliphatic carbocycles. The molecule has 0 unspecified atom stereocenters. The minimum atomic E-state index is -3.71. The number of sulfonamides is 1. The summed E-state index contributed by atoms with van der Waals surface area (Å²) in [7, 11) is -3.71. The Morgan fingerprint density at radius 3 is 2.80 bits per heavy atom. The molecule has 0 radical (unpaired) electrons. The quantitative estimate of drug-likeness (QED) is 0.739. The summed E-state index contributed by atoms with van der Waals surface area (Å²) >= 11 is 0. The summed E-state index contributed by atoms with van der Waals surface area (Å²) < 4.78 is 27.3. The van der Waals surface area contributed by atoms with E-state index in [0.29, 0.717) is 17.9 Å². The first-order valence-corrected chi connectivity index (χ1v) is 7.71. The molecule has 0 amide bonds. The molecule has 0 atom stereocenters. The van der Waals surface area contributed by atoms with Gasteiger partial charge < -0.3 is 5.32 Å². The van der Waals surface area contributed by atoms with Crippen molar-refractivity contribution in [3.8, 4) is 0 Å². The average molecular weight is 295 g/mol. The summed E-state index contributed by atoms with van der Waals surface area (Å²) in [5.41, 5.74) is 0.967. The van der Waals surface area contributed by atoms with E-state index in [9.17, 15) is 8.42 Å². The van der Waals surface area contributed by atoms with E-state index in [1.165, 1.54) is 6.20 Å². The lowest BCUT2D eigenvalue weighted by atomic mass is 10.3. The molecule has 0 saturated carbocycles. The highest BCUT2D eigenvalue weighted by molar-refractivity contribution is 7.92. The van der Waals surface area contributed by atoms with Gasteiger partial charge in [0.15, 0.2) is 0 Å². The van der Waals surface area contributed by atoms with Crippen LogP contribution in [0.4, 0.5) is 5.82 Å². The molecule has 20 heavy (non-hydrogen) atoms. The molecular weight excluding hydrogens is 278 g/mol. The molecule has 3 N–H and O–H groups in total. The predicted molar refractivity (Wildman–Crippen MR) is 75.8 cm³/mol. The number of rotatable bonds is 6. The number of H-pyrrole nitrogens is 1. The molecule has 2 aromatic heterocycles. The molecule has 0 fully saturated rings. The van der Waals surface area contributed by atoms with Crippen LogP contribution in [0.2, 0.25) is 0 Å². The van der Waals surface area contributed by atoms with E-state index in [1.54, 1.807) is 25.1 Å². The van der Waals surface area contributed by atoms with E-state index in [4.69, 9.17) is 0 Å². The highest BCUT2D eigenvalue weighted by atomic mass is 32.2. The Kier molecular flexibility index (Phi) is 4.35. The van der Waals surface area contributed by atoms with Gasteiger partial charge in [-0.3, -0.25) is 9.82 Å². The number of nitrogens with zero attached hydrogens (tertiary/aromatic N) is 2. The van der Waals surface area contributed by atoms with Crippen molar-refractivity contribution in [3.63, 3.8) is 0 Å². The third-order valence-corrected chi connectivity index (χ3v) is 4.23. The van der Waals surface area contributed by atoms with Gasteiger partial charge in [-0.2, -0.15) is 5.10 Å². The smallest absolute Gasteiger partial charge is 0.266 e. The topological polar surface area (TPSA) is 99.8 Å². The summed E-state index contributed by atoms with van der Waals surface area (Å²) in [6, 6.07) is 5.03. The van der Waals surface area contributed by atoms with Gasteiger partial charge >= 0.3 is 0 Å². The third kappa shape index (κ3) is 3.14. The summed E-state index contributed by atoms with van der Waals surface area (Å²) in [5, 5.41) is 9.81. The van der Waals surface area contributed by atoms with Gasteiger partial charge in [-0.05, 0) is 25.6 Å². The molecule has 0 saturated heterocycles. The van der Waals surface area contributed by atoms with Gasteiger partial charge in [-0.25, -0.2) is 13.4 Å². The number of hydrogen-bond donors (Lipinski definition) is 3. The van der Waals surface area contributed by atoms with Crippen LogP contribution in [-0.2, 0) is 16.6 Å². The predicted octanol–water partition coefficient (Wildman–Crippen LogP) is 1.02. The molecule has 0 spiro atoms. The first kappa shape index (κ1) is 14.5. The molecule has 0 bridgehead atoms. The lowest BCUT2D eigenvalue weighted by Crippen LogP contribution is -2.19. The maximum absolute atomic E-state index is 12.4. The van der Waals surface area contributed by atoms with Crippen molar-refractivity contribution in [1.82, 2.24) is 20.5 Å². The molecule has 7 nitrogen and oxygen atoms in total. The summed E-state index contributed by atoms with van der Waals surface area (Å²) in [6.45, 7) is 4.74. The minimum absolute atomic E-state index is 0.170. The monoisotopic (exact) mass is 295 g/mol. The second kappa shape index (κ2) is 6.02. The molecule has 2 aromatic rings. The van der Waals surface area contributed by atoms with Gasteiger partial charge in [-0.15, -0.1) is 0 Å². The summed E-state index contributed by atoms with van der Waals surface area (Å²) in [5.74, 6) is 0.280. The van der Waals surface area contributed by atoms with Crippen LogP contribution in [-0.4, -0.2) is 30.1 Å². The van der Waals surface area contributed by atoms with Crippen LogP contribution in [0.3, 0.4) is 0 Å². The Hall–Kier alpha value is -1.93. The maximum atomic E-state index is 12.4. The van der Waals surface area contributed by atoms with E-state index in [2.05, 4.69) is 25.2 Å². The van der Waals surface area contributed by atoms with Crippen molar-refractivity contribution >= 4 is 15.8 Å². The molecule has 2 heterocycles. The van der Waals surface area contributed by atoms with Gasteiger partial charge in [-0.1, -0.05) is 13.0 Å². The zero-order valence-electron chi connectivity index (χ0n) is 11.3. The number of pyridine rings is 1. The SMILES string of the molecule is CCNCc1n[nH]c(C)c1S(=O)(=O)Nc1ccccn1. The number of nitrogens with one attached hydrogen (secondary N) is 3. The van der Waals surface area contributed by atoms with E-state index in [0.717, 1.165) is 6.54 Å². The van der Waals surface area contributed by atoms with Crippen molar-refractivity contribution in [2.24, 2.45) is 0 Å². The summed E-state index contributed by atoms with van der Waals surface area (Å²) in [6.07, 6.45) is 1.53. The first-order chi connectivity index (χ1) is 9.54. The number of anilines is 1. The Bertz CT molecular complexity index is 666. The van der Waals surface area contributed by atoms with Crippen LogP contribution in [0.15, 0.2) is 29.3 Å². The Morgan fingerprint density at radius 2 is 2.15 bits per heavy atom. The van der Waals surface area contributed by atoms with Gasteiger partial charge in [0.25, 0.3) is 10.0 Å². The highest BCUT2D eigenvalue weighted by Crippen LogP contribution is 2.20. The summed E-state index contributed by atoms with van der Waals surface area (Å²) in [4.78, 5) is 4.13. The van der Waals surface area contributed by atoms with Crippen LogP contribution >= 0.6 is 0 Å². The Balaban J connectivity index is 2.32.